The quantitative estimate of drug-likeness (QED) is 0.762. The van der Waals surface area contributed by atoms with Crippen molar-refractivity contribution in [2.45, 2.75) is 26.7 Å². The summed E-state index contributed by atoms with van der Waals surface area (Å²) >= 11 is 0. The van der Waals surface area contributed by atoms with E-state index in [4.69, 9.17) is 4.74 Å². The highest BCUT2D eigenvalue weighted by atomic mass is 16.5. The lowest BCUT2D eigenvalue weighted by Crippen LogP contribution is -2.24. The van der Waals surface area contributed by atoms with Crippen LogP contribution in [0.25, 0.3) is 5.57 Å². The van der Waals surface area contributed by atoms with Crippen molar-refractivity contribution in [2.75, 3.05) is 26.7 Å². The van der Waals surface area contributed by atoms with E-state index >= 15 is 0 Å². The lowest BCUT2D eigenvalue weighted by Gasteiger charge is -2.18. The van der Waals surface area contributed by atoms with Crippen molar-refractivity contribution in [1.82, 2.24) is 4.90 Å². The van der Waals surface area contributed by atoms with Crippen molar-refractivity contribution in [3.63, 3.8) is 0 Å². The minimum Gasteiger partial charge on any atom is -0.497 e. The van der Waals surface area contributed by atoms with E-state index in [2.05, 4.69) is 43.0 Å². The standard InChI is InChI=1S/C16H23NO/c1-4-17(5-2)11-10-13-6-7-14-12-15(18-3)8-9-16(13)14/h6,8-9,12H,4-5,7,10-11H2,1-3H3. The molecule has 0 spiro atoms. The van der Waals surface area contributed by atoms with Gasteiger partial charge in [0.2, 0.25) is 0 Å². The maximum atomic E-state index is 5.28. The van der Waals surface area contributed by atoms with Crippen LogP contribution in [0.15, 0.2) is 24.3 Å². The summed E-state index contributed by atoms with van der Waals surface area (Å²) in [5, 5.41) is 0. The summed E-state index contributed by atoms with van der Waals surface area (Å²) in [5.74, 6) is 0.965. The van der Waals surface area contributed by atoms with Crippen LogP contribution in [0.2, 0.25) is 0 Å². The third-order valence-electron chi connectivity index (χ3n) is 3.82. The van der Waals surface area contributed by atoms with Gasteiger partial charge in [0.15, 0.2) is 0 Å². The third-order valence-corrected chi connectivity index (χ3v) is 3.82. The molecule has 0 atom stereocenters. The minimum atomic E-state index is 0.965. The summed E-state index contributed by atoms with van der Waals surface area (Å²) in [6, 6.07) is 6.43. The van der Waals surface area contributed by atoms with Gasteiger partial charge in [-0.15, -0.1) is 0 Å². The zero-order chi connectivity index (χ0) is 13.0. The predicted octanol–water partition coefficient (Wildman–Crippen LogP) is 3.37. The van der Waals surface area contributed by atoms with Gasteiger partial charge >= 0.3 is 0 Å². The average molecular weight is 245 g/mol. The van der Waals surface area contributed by atoms with Crippen LogP contribution in [0, 0.1) is 0 Å². The van der Waals surface area contributed by atoms with E-state index in [0.717, 1.165) is 38.2 Å². The van der Waals surface area contributed by atoms with Crippen LogP contribution in [0.5, 0.6) is 5.75 Å². The fourth-order valence-corrected chi connectivity index (χ4v) is 2.58. The maximum absolute atomic E-state index is 5.28. The summed E-state index contributed by atoms with van der Waals surface area (Å²) in [7, 11) is 1.73. The smallest absolute Gasteiger partial charge is 0.119 e. The molecular weight excluding hydrogens is 222 g/mol. The monoisotopic (exact) mass is 245 g/mol. The molecule has 1 aromatic rings. The first-order valence-corrected chi connectivity index (χ1v) is 6.87. The molecule has 1 aliphatic rings. The molecule has 98 valence electrons. The van der Waals surface area contributed by atoms with Gasteiger partial charge in [-0.2, -0.15) is 0 Å². The molecule has 2 rings (SSSR count). The Balaban J connectivity index is 2.02. The number of hydrogen-bond acceptors (Lipinski definition) is 2. The molecule has 0 unspecified atom stereocenters. The van der Waals surface area contributed by atoms with Crippen LogP contribution in [0.4, 0.5) is 0 Å². The lowest BCUT2D eigenvalue weighted by atomic mass is 10.0. The number of benzene rings is 1. The topological polar surface area (TPSA) is 12.5 Å². The molecule has 0 radical (unpaired) electrons. The Kier molecular flexibility index (Phi) is 4.43. The highest BCUT2D eigenvalue weighted by molar-refractivity contribution is 5.73. The van der Waals surface area contributed by atoms with E-state index in [0.29, 0.717) is 0 Å². The van der Waals surface area contributed by atoms with E-state index in [-0.39, 0.29) is 0 Å². The number of fused-ring (bicyclic) bond motifs is 1. The van der Waals surface area contributed by atoms with Crippen LogP contribution in [0.3, 0.4) is 0 Å². The van der Waals surface area contributed by atoms with Gasteiger partial charge in [-0.1, -0.05) is 26.0 Å². The molecule has 0 fully saturated rings. The van der Waals surface area contributed by atoms with Crippen LogP contribution >= 0.6 is 0 Å². The molecule has 0 amide bonds. The molecule has 0 N–H and O–H groups in total. The first-order valence-electron chi connectivity index (χ1n) is 6.87. The number of hydrogen-bond donors (Lipinski definition) is 0. The average Bonchev–Trinajstić information content (AvgIpc) is 2.82. The Hall–Kier alpha value is -1.28. The Labute approximate surface area is 110 Å². The highest BCUT2D eigenvalue weighted by Crippen LogP contribution is 2.32. The van der Waals surface area contributed by atoms with Crippen molar-refractivity contribution in [3.8, 4) is 5.75 Å². The normalized spacial score (nSPS) is 13.7. The van der Waals surface area contributed by atoms with Crippen molar-refractivity contribution in [3.05, 3.63) is 35.4 Å². The predicted molar refractivity (Wildman–Crippen MR) is 77.1 cm³/mol. The first kappa shape index (κ1) is 13.2. The van der Waals surface area contributed by atoms with Gasteiger partial charge in [-0.05, 0) is 54.8 Å². The number of nitrogens with zero attached hydrogens (tertiary/aromatic N) is 1. The Morgan fingerprint density at radius 2 is 2.00 bits per heavy atom. The molecule has 0 saturated carbocycles. The maximum Gasteiger partial charge on any atom is 0.119 e. The Morgan fingerprint density at radius 3 is 2.67 bits per heavy atom. The van der Waals surface area contributed by atoms with Gasteiger partial charge in [-0.3, -0.25) is 0 Å². The summed E-state index contributed by atoms with van der Waals surface area (Å²) in [6.07, 6.45) is 4.58. The molecular formula is C16H23NO. The van der Waals surface area contributed by atoms with Crippen LogP contribution < -0.4 is 4.74 Å². The summed E-state index contributed by atoms with van der Waals surface area (Å²) in [5.41, 5.74) is 4.33. The summed E-state index contributed by atoms with van der Waals surface area (Å²) in [6.45, 7) is 7.89. The number of ether oxygens (including phenoxy) is 1. The van der Waals surface area contributed by atoms with Crippen LogP contribution in [-0.2, 0) is 6.42 Å². The highest BCUT2D eigenvalue weighted by Gasteiger charge is 2.15. The molecule has 18 heavy (non-hydrogen) atoms. The second-order valence-electron chi connectivity index (χ2n) is 4.73. The van der Waals surface area contributed by atoms with Crippen molar-refractivity contribution < 1.29 is 4.74 Å². The molecule has 2 heteroatoms. The Morgan fingerprint density at radius 1 is 1.22 bits per heavy atom. The zero-order valence-electron chi connectivity index (χ0n) is 11.7. The van der Waals surface area contributed by atoms with E-state index in [1.807, 2.05) is 0 Å². The second kappa shape index (κ2) is 6.05. The number of rotatable bonds is 6. The SMILES string of the molecule is CCN(CC)CCC1=CCc2cc(OC)ccc21. The van der Waals surface area contributed by atoms with Gasteiger partial charge < -0.3 is 9.64 Å². The first-order chi connectivity index (χ1) is 8.78. The summed E-state index contributed by atoms with van der Waals surface area (Å²) < 4.78 is 5.28. The van der Waals surface area contributed by atoms with E-state index in [1.165, 1.54) is 16.7 Å². The van der Waals surface area contributed by atoms with Crippen LogP contribution in [0.1, 0.15) is 31.4 Å². The van der Waals surface area contributed by atoms with Gasteiger partial charge in [0, 0.05) is 6.54 Å². The number of allylic oxidation sites excluding steroid dienone is 1. The Bertz CT molecular complexity index is 433. The third kappa shape index (κ3) is 2.75. The second-order valence-corrected chi connectivity index (χ2v) is 4.73. The van der Waals surface area contributed by atoms with Crippen LogP contribution in [-0.4, -0.2) is 31.6 Å². The van der Waals surface area contributed by atoms with E-state index in [9.17, 15) is 0 Å². The molecule has 2 nitrogen and oxygen atoms in total. The van der Waals surface area contributed by atoms with Gasteiger partial charge in [0.05, 0.1) is 7.11 Å². The van der Waals surface area contributed by atoms with Gasteiger partial charge in [-0.25, -0.2) is 0 Å². The van der Waals surface area contributed by atoms with E-state index < -0.39 is 0 Å². The largest absolute Gasteiger partial charge is 0.497 e. The van der Waals surface area contributed by atoms with E-state index in [1.54, 1.807) is 7.11 Å². The van der Waals surface area contributed by atoms with Crippen molar-refractivity contribution in [2.24, 2.45) is 0 Å². The zero-order valence-corrected chi connectivity index (χ0v) is 11.7. The molecule has 0 aromatic heterocycles. The molecule has 1 aliphatic carbocycles. The fourth-order valence-electron chi connectivity index (χ4n) is 2.58. The molecule has 0 aliphatic heterocycles. The van der Waals surface area contributed by atoms with Crippen molar-refractivity contribution >= 4 is 5.57 Å². The summed E-state index contributed by atoms with van der Waals surface area (Å²) in [4.78, 5) is 2.47. The number of methoxy groups -OCH3 is 1. The van der Waals surface area contributed by atoms with Gasteiger partial charge in [0.25, 0.3) is 0 Å². The minimum absolute atomic E-state index is 0.965. The fraction of sp³-hybridized carbons (Fsp3) is 0.500. The molecule has 0 saturated heterocycles. The molecule has 1 aromatic carbocycles. The van der Waals surface area contributed by atoms with Crippen molar-refractivity contribution in [1.29, 1.82) is 0 Å². The molecule has 0 heterocycles. The lowest BCUT2D eigenvalue weighted by molar-refractivity contribution is 0.312. The van der Waals surface area contributed by atoms with Gasteiger partial charge in [0.1, 0.15) is 5.75 Å². The molecule has 0 bridgehead atoms.